The quantitative estimate of drug-likeness (QED) is 0.611. The molecule has 0 saturated carbocycles. The number of benzene rings is 1. The number of nitrogens with one attached hydrogen (secondary N) is 1. The lowest BCUT2D eigenvalue weighted by atomic mass is 10.0. The number of carbonyl (C=O) groups excluding carboxylic acids is 2. The summed E-state index contributed by atoms with van der Waals surface area (Å²) < 4.78 is 6.52. The third-order valence-corrected chi connectivity index (χ3v) is 5.16. The molecule has 1 aliphatic rings. The van der Waals surface area contributed by atoms with Crippen molar-refractivity contribution in [3.63, 3.8) is 0 Å². The van der Waals surface area contributed by atoms with E-state index in [0.717, 1.165) is 36.8 Å². The first-order chi connectivity index (χ1) is 12.5. The van der Waals surface area contributed by atoms with Crippen LogP contribution in [0.15, 0.2) is 22.7 Å². The van der Waals surface area contributed by atoms with E-state index in [1.807, 2.05) is 17.9 Å². The molecule has 0 bridgehead atoms. The number of carbonyl (C=O) groups is 2. The Morgan fingerprint density at radius 3 is 2.69 bits per heavy atom. The van der Waals surface area contributed by atoms with Gasteiger partial charge in [0.05, 0.1) is 11.6 Å². The molecule has 7 heteroatoms. The maximum absolute atomic E-state index is 12.1. The van der Waals surface area contributed by atoms with Crippen LogP contribution in [0.5, 0.6) is 5.75 Å². The molecule has 1 fully saturated rings. The SMILES string of the molecule is CCCC(=O)N1CCC(NC(=O)CCCOc2ccc(Br)cc2Cl)CC1. The van der Waals surface area contributed by atoms with Crippen LogP contribution >= 0.6 is 27.5 Å². The molecule has 0 aromatic heterocycles. The minimum Gasteiger partial charge on any atom is -0.492 e. The van der Waals surface area contributed by atoms with Crippen molar-refractivity contribution in [2.24, 2.45) is 0 Å². The van der Waals surface area contributed by atoms with E-state index in [0.29, 0.717) is 36.6 Å². The molecule has 26 heavy (non-hydrogen) atoms. The first kappa shape index (κ1) is 21.0. The average molecular weight is 446 g/mol. The van der Waals surface area contributed by atoms with Crippen molar-refractivity contribution in [1.82, 2.24) is 10.2 Å². The van der Waals surface area contributed by atoms with E-state index in [1.54, 1.807) is 12.1 Å². The van der Waals surface area contributed by atoms with Crippen molar-refractivity contribution in [2.75, 3.05) is 19.7 Å². The van der Waals surface area contributed by atoms with E-state index in [2.05, 4.69) is 21.2 Å². The maximum Gasteiger partial charge on any atom is 0.222 e. The molecule has 0 unspecified atom stereocenters. The van der Waals surface area contributed by atoms with Crippen molar-refractivity contribution in [1.29, 1.82) is 0 Å². The number of piperidine rings is 1. The van der Waals surface area contributed by atoms with E-state index < -0.39 is 0 Å². The van der Waals surface area contributed by atoms with Crippen LogP contribution in [0.4, 0.5) is 0 Å². The van der Waals surface area contributed by atoms with Gasteiger partial charge in [-0.1, -0.05) is 34.5 Å². The van der Waals surface area contributed by atoms with Crippen LogP contribution in [0.25, 0.3) is 0 Å². The van der Waals surface area contributed by atoms with Crippen molar-refractivity contribution in [3.8, 4) is 5.75 Å². The number of nitrogens with zero attached hydrogens (tertiary/aromatic N) is 1. The van der Waals surface area contributed by atoms with E-state index in [1.165, 1.54) is 0 Å². The van der Waals surface area contributed by atoms with Gasteiger partial charge in [-0.3, -0.25) is 9.59 Å². The summed E-state index contributed by atoms with van der Waals surface area (Å²) in [6.07, 6.45) is 4.19. The van der Waals surface area contributed by atoms with E-state index >= 15 is 0 Å². The highest BCUT2D eigenvalue weighted by atomic mass is 79.9. The van der Waals surface area contributed by atoms with E-state index in [4.69, 9.17) is 16.3 Å². The Hall–Kier alpha value is -1.27. The van der Waals surface area contributed by atoms with E-state index in [9.17, 15) is 9.59 Å². The van der Waals surface area contributed by atoms with Gasteiger partial charge in [-0.05, 0) is 43.9 Å². The van der Waals surface area contributed by atoms with E-state index in [-0.39, 0.29) is 17.9 Å². The Kier molecular flexibility index (Phi) is 8.72. The lowest BCUT2D eigenvalue weighted by Gasteiger charge is -2.32. The standard InChI is InChI=1S/C19H26BrClN2O3/c1-2-4-19(25)23-10-8-15(9-11-23)22-18(24)5-3-12-26-17-7-6-14(20)13-16(17)21/h6-7,13,15H,2-5,8-12H2,1H3,(H,22,24). The molecule has 1 heterocycles. The highest BCUT2D eigenvalue weighted by Gasteiger charge is 2.23. The molecule has 1 saturated heterocycles. The lowest BCUT2D eigenvalue weighted by molar-refractivity contribution is -0.132. The van der Waals surface area contributed by atoms with Gasteiger partial charge in [0.2, 0.25) is 11.8 Å². The number of likely N-dealkylation sites (tertiary alicyclic amines) is 1. The molecule has 1 aliphatic heterocycles. The van der Waals surface area contributed by atoms with Gasteiger partial charge in [-0.15, -0.1) is 0 Å². The number of amides is 2. The zero-order chi connectivity index (χ0) is 18.9. The fourth-order valence-electron chi connectivity index (χ4n) is 2.95. The van der Waals surface area contributed by atoms with Gasteiger partial charge in [-0.25, -0.2) is 0 Å². The Morgan fingerprint density at radius 1 is 1.31 bits per heavy atom. The minimum atomic E-state index is 0.0360. The van der Waals surface area contributed by atoms with Crippen LogP contribution in [0.3, 0.4) is 0 Å². The largest absolute Gasteiger partial charge is 0.492 e. The highest BCUT2D eigenvalue weighted by molar-refractivity contribution is 9.10. The van der Waals surface area contributed by atoms with Crippen molar-refractivity contribution in [2.45, 2.75) is 51.5 Å². The molecule has 0 atom stereocenters. The zero-order valence-electron chi connectivity index (χ0n) is 15.1. The van der Waals surface area contributed by atoms with Crippen molar-refractivity contribution in [3.05, 3.63) is 27.7 Å². The fourth-order valence-corrected chi connectivity index (χ4v) is 3.68. The number of halogens is 2. The second kappa shape index (κ2) is 10.8. The van der Waals surface area contributed by atoms with Gasteiger partial charge in [0.15, 0.2) is 0 Å². The molecule has 1 N–H and O–H groups in total. The molecular weight excluding hydrogens is 420 g/mol. The lowest BCUT2D eigenvalue weighted by Crippen LogP contribution is -2.46. The summed E-state index contributed by atoms with van der Waals surface area (Å²) in [6.45, 7) is 3.92. The van der Waals surface area contributed by atoms with Crippen LogP contribution < -0.4 is 10.1 Å². The Labute approximate surface area is 168 Å². The summed E-state index contributed by atoms with van der Waals surface area (Å²) >= 11 is 9.44. The summed E-state index contributed by atoms with van der Waals surface area (Å²) in [6, 6.07) is 5.61. The Morgan fingerprint density at radius 2 is 2.04 bits per heavy atom. The van der Waals surface area contributed by atoms with Gasteiger partial charge >= 0.3 is 0 Å². The predicted molar refractivity (Wildman–Crippen MR) is 107 cm³/mol. The maximum atomic E-state index is 12.1. The fraction of sp³-hybridized carbons (Fsp3) is 0.579. The molecule has 144 valence electrons. The molecule has 0 spiro atoms. The third-order valence-electron chi connectivity index (χ3n) is 4.38. The molecule has 2 rings (SSSR count). The average Bonchev–Trinajstić information content (AvgIpc) is 2.61. The molecule has 1 aromatic carbocycles. The molecule has 0 radical (unpaired) electrons. The molecule has 1 aromatic rings. The van der Waals surface area contributed by atoms with Crippen molar-refractivity contribution >= 4 is 39.3 Å². The number of hydrogen-bond donors (Lipinski definition) is 1. The topological polar surface area (TPSA) is 58.6 Å². The second-order valence-corrected chi connectivity index (χ2v) is 7.82. The first-order valence-corrected chi connectivity index (χ1v) is 10.3. The van der Waals surface area contributed by atoms with Gasteiger partial charge < -0.3 is 15.0 Å². The summed E-state index contributed by atoms with van der Waals surface area (Å²) in [5.74, 6) is 0.884. The van der Waals surface area contributed by atoms with Crippen LogP contribution in [0.2, 0.25) is 5.02 Å². The molecule has 0 aliphatic carbocycles. The Balaban J connectivity index is 1.61. The number of hydrogen-bond acceptors (Lipinski definition) is 3. The van der Waals surface area contributed by atoms with Crippen LogP contribution in [-0.4, -0.2) is 42.5 Å². The smallest absolute Gasteiger partial charge is 0.222 e. The minimum absolute atomic E-state index is 0.0360. The monoisotopic (exact) mass is 444 g/mol. The number of rotatable bonds is 8. The van der Waals surface area contributed by atoms with Crippen LogP contribution in [-0.2, 0) is 9.59 Å². The van der Waals surface area contributed by atoms with Gasteiger partial charge in [0.1, 0.15) is 5.75 Å². The molecule has 5 nitrogen and oxygen atoms in total. The second-order valence-electron chi connectivity index (χ2n) is 6.50. The number of ether oxygens (including phenoxy) is 1. The highest BCUT2D eigenvalue weighted by Crippen LogP contribution is 2.27. The first-order valence-electron chi connectivity index (χ1n) is 9.14. The molecular formula is C19H26BrClN2O3. The van der Waals surface area contributed by atoms with Crippen molar-refractivity contribution < 1.29 is 14.3 Å². The summed E-state index contributed by atoms with van der Waals surface area (Å²) in [7, 11) is 0. The normalized spacial score (nSPS) is 15.0. The third kappa shape index (κ3) is 6.80. The van der Waals surface area contributed by atoms with Crippen LogP contribution in [0, 0.1) is 0 Å². The van der Waals surface area contributed by atoms with Gasteiger partial charge in [0.25, 0.3) is 0 Å². The van der Waals surface area contributed by atoms with Gasteiger partial charge in [-0.2, -0.15) is 0 Å². The summed E-state index contributed by atoms with van der Waals surface area (Å²) in [5.41, 5.74) is 0. The van der Waals surface area contributed by atoms with Gasteiger partial charge in [0, 0.05) is 36.4 Å². The summed E-state index contributed by atoms with van der Waals surface area (Å²) in [4.78, 5) is 25.9. The summed E-state index contributed by atoms with van der Waals surface area (Å²) in [5, 5.41) is 3.61. The predicted octanol–water partition coefficient (Wildman–Crippen LogP) is 4.17. The zero-order valence-corrected chi connectivity index (χ0v) is 17.4. The van der Waals surface area contributed by atoms with Crippen LogP contribution in [0.1, 0.15) is 45.4 Å². The Bertz CT molecular complexity index is 619. The molecule has 2 amide bonds.